The van der Waals surface area contributed by atoms with Crippen molar-refractivity contribution in [2.75, 3.05) is 13.1 Å². The lowest BCUT2D eigenvalue weighted by Crippen LogP contribution is -2.53. The number of aromatic nitrogens is 3. The predicted molar refractivity (Wildman–Crippen MR) is 153 cm³/mol. The maximum atomic E-state index is 13.8. The number of aromatic amines is 1. The number of nitrogens with one attached hydrogen (secondary N) is 1. The molecule has 8 heteroatoms. The van der Waals surface area contributed by atoms with Crippen molar-refractivity contribution in [3.05, 3.63) is 84.6 Å². The van der Waals surface area contributed by atoms with Crippen LogP contribution in [0.1, 0.15) is 54.2 Å². The van der Waals surface area contributed by atoms with Gasteiger partial charge in [-0.25, -0.2) is 9.97 Å². The molecule has 2 fully saturated rings. The van der Waals surface area contributed by atoms with Crippen LogP contribution in [0.25, 0.3) is 22.0 Å². The number of ketones is 1. The third kappa shape index (κ3) is 4.78. The van der Waals surface area contributed by atoms with Crippen molar-refractivity contribution < 1.29 is 14.4 Å². The highest BCUT2D eigenvalue weighted by Gasteiger charge is 2.49. The standard InChI is InChI=1S/C32H33N5O3/c1-3-20(2)26(15-29(38)28-13-22-11-7-8-12-27(22)35-28)31(39)36-18-25-14-24(36)19-37(25)32(40)30-33-16-23(17-34-30)21-9-5-4-6-10-21/h4-13,16-17,20,24-26,35H,3,14-15,18-19H2,1-2H3/t20-,24-,25-,26-/m0/s1. The Morgan fingerprint density at radius 1 is 0.925 bits per heavy atom. The molecule has 0 saturated carbocycles. The molecule has 2 aromatic carbocycles. The number of nitrogens with zero attached hydrogens (tertiary/aromatic N) is 4. The van der Waals surface area contributed by atoms with E-state index in [0.29, 0.717) is 18.8 Å². The fourth-order valence-electron chi connectivity index (χ4n) is 6.09. The lowest BCUT2D eigenvalue weighted by molar-refractivity contribution is -0.139. The molecule has 4 heterocycles. The molecule has 1 N–H and O–H groups in total. The fraction of sp³-hybridized carbons (Fsp3) is 0.344. The van der Waals surface area contributed by atoms with Gasteiger partial charge in [0.15, 0.2) is 5.78 Å². The van der Waals surface area contributed by atoms with Gasteiger partial charge in [-0.2, -0.15) is 0 Å². The minimum absolute atomic E-state index is 0.0156. The number of fused-ring (bicyclic) bond motifs is 3. The van der Waals surface area contributed by atoms with Crippen LogP contribution in [-0.4, -0.2) is 67.5 Å². The molecule has 0 radical (unpaired) electrons. The maximum absolute atomic E-state index is 13.8. The summed E-state index contributed by atoms with van der Waals surface area (Å²) >= 11 is 0. The van der Waals surface area contributed by atoms with Gasteiger partial charge in [-0.05, 0) is 30.0 Å². The van der Waals surface area contributed by atoms with Gasteiger partial charge in [-0.15, -0.1) is 0 Å². The molecule has 2 aromatic heterocycles. The van der Waals surface area contributed by atoms with E-state index in [-0.39, 0.29) is 47.8 Å². The van der Waals surface area contributed by atoms with Gasteiger partial charge in [-0.3, -0.25) is 14.4 Å². The molecule has 2 aliphatic rings. The van der Waals surface area contributed by atoms with Gasteiger partial charge in [0.05, 0.1) is 17.8 Å². The van der Waals surface area contributed by atoms with Crippen LogP contribution in [0.4, 0.5) is 0 Å². The number of piperazine rings is 1. The largest absolute Gasteiger partial charge is 0.352 e. The van der Waals surface area contributed by atoms with E-state index < -0.39 is 5.92 Å². The summed E-state index contributed by atoms with van der Waals surface area (Å²) in [6.45, 7) is 5.03. The SMILES string of the molecule is CC[C@H](C)[C@H](CC(=O)c1cc2ccccc2[nH]1)C(=O)N1C[C@@H]2C[C@H]1CN2C(=O)c1ncc(-c2ccccc2)cn1. The second-order valence-electron chi connectivity index (χ2n) is 11.0. The van der Waals surface area contributed by atoms with Gasteiger partial charge in [0.2, 0.25) is 11.7 Å². The van der Waals surface area contributed by atoms with Crippen LogP contribution in [0.3, 0.4) is 0 Å². The topological polar surface area (TPSA) is 99.3 Å². The molecule has 0 aliphatic carbocycles. The molecule has 4 aromatic rings. The molecular formula is C32H33N5O3. The number of para-hydroxylation sites is 1. The first-order valence-corrected chi connectivity index (χ1v) is 14.0. The third-order valence-electron chi connectivity index (χ3n) is 8.62. The monoisotopic (exact) mass is 535 g/mol. The maximum Gasteiger partial charge on any atom is 0.292 e. The summed E-state index contributed by atoms with van der Waals surface area (Å²) in [6.07, 6.45) is 5.07. The highest BCUT2D eigenvalue weighted by Crippen LogP contribution is 2.35. The quantitative estimate of drug-likeness (QED) is 0.321. The number of likely N-dealkylation sites (tertiary alicyclic amines) is 2. The summed E-state index contributed by atoms with van der Waals surface area (Å²) in [7, 11) is 0. The van der Waals surface area contributed by atoms with E-state index in [1.807, 2.05) is 72.5 Å². The van der Waals surface area contributed by atoms with Gasteiger partial charge in [0.25, 0.3) is 5.91 Å². The Morgan fingerprint density at radius 3 is 2.27 bits per heavy atom. The molecule has 0 unspecified atom stereocenters. The number of benzene rings is 2. The first-order valence-electron chi connectivity index (χ1n) is 14.0. The van der Waals surface area contributed by atoms with E-state index in [0.717, 1.165) is 34.9 Å². The van der Waals surface area contributed by atoms with Crippen molar-refractivity contribution in [3.8, 4) is 11.1 Å². The molecular weight excluding hydrogens is 502 g/mol. The van der Waals surface area contributed by atoms with Crippen LogP contribution in [0.5, 0.6) is 0 Å². The lowest BCUT2D eigenvalue weighted by atomic mass is 9.85. The Bertz CT molecular complexity index is 1510. The molecule has 2 saturated heterocycles. The number of carbonyl (C=O) groups is 3. The normalized spacial score (nSPS) is 19.6. The molecule has 6 rings (SSSR count). The Labute approximate surface area is 233 Å². The fourth-order valence-corrected chi connectivity index (χ4v) is 6.09. The van der Waals surface area contributed by atoms with Gasteiger partial charge in [0, 0.05) is 54.3 Å². The Balaban J connectivity index is 1.12. The van der Waals surface area contributed by atoms with E-state index in [1.165, 1.54) is 0 Å². The smallest absolute Gasteiger partial charge is 0.292 e. The lowest BCUT2D eigenvalue weighted by Gasteiger charge is -2.36. The first-order chi connectivity index (χ1) is 19.4. The van der Waals surface area contributed by atoms with Crippen molar-refractivity contribution in [1.82, 2.24) is 24.8 Å². The number of hydrogen-bond acceptors (Lipinski definition) is 5. The number of amides is 2. The molecule has 0 spiro atoms. The van der Waals surface area contributed by atoms with E-state index >= 15 is 0 Å². The van der Waals surface area contributed by atoms with Crippen LogP contribution < -0.4 is 0 Å². The Hall–Kier alpha value is -4.33. The summed E-state index contributed by atoms with van der Waals surface area (Å²) in [5.74, 6) is -0.400. The minimum atomic E-state index is -0.402. The summed E-state index contributed by atoms with van der Waals surface area (Å²) in [5.41, 5.74) is 3.31. The van der Waals surface area contributed by atoms with Crippen LogP contribution in [0.15, 0.2) is 73.1 Å². The van der Waals surface area contributed by atoms with E-state index in [9.17, 15) is 14.4 Å². The zero-order chi connectivity index (χ0) is 27.8. The average molecular weight is 536 g/mol. The van der Waals surface area contributed by atoms with E-state index in [4.69, 9.17) is 0 Å². The van der Waals surface area contributed by atoms with Gasteiger partial charge >= 0.3 is 0 Å². The predicted octanol–water partition coefficient (Wildman–Crippen LogP) is 4.99. The van der Waals surface area contributed by atoms with Crippen molar-refractivity contribution in [2.45, 2.75) is 45.2 Å². The summed E-state index contributed by atoms with van der Waals surface area (Å²) < 4.78 is 0. The minimum Gasteiger partial charge on any atom is -0.352 e. The second kappa shape index (κ2) is 10.7. The molecule has 40 heavy (non-hydrogen) atoms. The molecule has 8 nitrogen and oxygen atoms in total. The molecule has 2 aliphatic heterocycles. The van der Waals surface area contributed by atoms with Crippen LogP contribution in [0.2, 0.25) is 0 Å². The Morgan fingerprint density at radius 2 is 1.60 bits per heavy atom. The first kappa shape index (κ1) is 25.9. The molecule has 4 atom stereocenters. The van der Waals surface area contributed by atoms with Gasteiger partial charge in [0.1, 0.15) is 0 Å². The summed E-state index contributed by atoms with van der Waals surface area (Å²) in [6, 6.07) is 19.3. The van der Waals surface area contributed by atoms with E-state index in [2.05, 4.69) is 21.9 Å². The van der Waals surface area contributed by atoms with Gasteiger partial charge in [-0.1, -0.05) is 68.8 Å². The van der Waals surface area contributed by atoms with E-state index in [1.54, 1.807) is 17.3 Å². The van der Waals surface area contributed by atoms with Crippen LogP contribution in [0, 0.1) is 11.8 Å². The zero-order valence-corrected chi connectivity index (χ0v) is 22.8. The Kier molecular flexibility index (Phi) is 6.92. The molecule has 204 valence electrons. The van der Waals surface area contributed by atoms with Crippen molar-refractivity contribution >= 4 is 28.5 Å². The summed E-state index contributed by atoms with van der Waals surface area (Å²) in [4.78, 5) is 56.0. The highest BCUT2D eigenvalue weighted by atomic mass is 16.2. The number of hydrogen-bond donors (Lipinski definition) is 1. The van der Waals surface area contributed by atoms with Crippen molar-refractivity contribution in [1.29, 1.82) is 0 Å². The summed E-state index contributed by atoms with van der Waals surface area (Å²) in [5, 5.41) is 0.984. The average Bonchev–Trinajstić information content (AvgIpc) is 3.74. The van der Waals surface area contributed by atoms with Gasteiger partial charge < -0.3 is 14.8 Å². The highest BCUT2D eigenvalue weighted by molar-refractivity contribution is 6.01. The third-order valence-corrected chi connectivity index (χ3v) is 8.62. The number of rotatable bonds is 8. The van der Waals surface area contributed by atoms with Crippen molar-refractivity contribution in [2.24, 2.45) is 11.8 Å². The van der Waals surface area contributed by atoms with Crippen LogP contribution in [-0.2, 0) is 4.79 Å². The number of Topliss-reactive ketones (excluding diaryl/α,β-unsaturated/α-hetero) is 1. The number of H-pyrrole nitrogens is 1. The number of carbonyl (C=O) groups excluding carboxylic acids is 3. The second-order valence-corrected chi connectivity index (χ2v) is 11.0. The molecule has 2 bridgehead atoms. The van der Waals surface area contributed by atoms with Crippen molar-refractivity contribution in [3.63, 3.8) is 0 Å². The molecule has 2 amide bonds. The van der Waals surface area contributed by atoms with Crippen LogP contribution >= 0.6 is 0 Å². The zero-order valence-electron chi connectivity index (χ0n) is 22.8.